The number of fused-ring (bicyclic) bond motifs is 1. The van der Waals surface area contributed by atoms with Crippen molar-refractivity contribution in [1.82, 2.24) is 4.57 Å². The predicted octanol–water partition coefficient (Wildman–Crippen LogP) is 5.48. The number of carbonyl (C=O) groups is 1. The molecule has 1 aromatic heterocycles. The Balaban J connectivity index is 2.76. The molecule has 2 N–H and O–H groups in total. The van der Waals surface area contributed by atoms with Crippen molar-refractivity contribution in [3.63, 3.8) is 0 Å². The Morgan fingerprint density at radius 1 is 1.36 bits per heavy atom. The van der Waals surface area contributed by atoms with E-state index in [9.17, 15) is 4.79 Å². The molecule has 4 nitrogen and oxygen atoms in total. The molecule has 0 fully saturated rings. The summed E-state index contributed by atoms with van der Waals surface area (Å²) in [6.07, 6.45) is 1.07. The van der Waals surface area contributed by atoms with Gasteiger partial charge in [-0.25, -0.2) is 4.79 Å². The molecule has 1 heterocycles. The second-order valence-electron chi connectivity index (χ2n) is 6.55. The molecule has 1 aromatic carbocycles. The lowest BCUT2D eigenvalue weighted by Crippen LogP contribution is -2.18. The highest BCUT2D eigenvalue weighted by atomic mass is 35.5. The van der Waals surface area contributed by atoms with Gasteiger partial charge in [0.2, 0.25) is 0 Å². The standard InChI is InChI=1S/C17H23ClN2O2/c1-5-6-10-20-12-9-7-8-11(19-16(21)22)13(12)14(18)15(20)17(2,3)4/h7-9,19H,5-6,10H2,1-4H3,(H,21,22). The van der Waals surface area contributed by atoms with Crippen LogP contribution < -0.4 is 5.32 Å². The predicted molar refractivity (Wildman–Crippen MR) is 92.2 cm³/mol. The molecule has 120 valence electrons. The second-order valence-corrected chi connectivity index (χ2v) is 6.93. The van der Waals surface area contributed by atoms with E-state index in [1.165, 1.54) is 0 Å². The molecule has 0 aliphatic carbocycles. The smallest absolute Gasteiger partial charge is 0.409 e. The number of anilines is 1. The Hall–Kier alpha value is -1.68. The van der Waals surface area contributed by atoms with Gasteiger partial charge in [-0.1, -0.05) is 51.8 Å². The van der Waals surface area contributed by atoms with Crippen molar-refractivity contribution in [1.29, 1.82) is 0 Å². The van der Waals surface area contributed by atoms with Crippen LogP contribution in [0.3, 0.4) is 0 Å². The highest BCUT2D eigenvalue weighted by Gasteiger charge is 2.27. The van der Waals surface area contributed by atoms with Crippen LogP contribution in [0.2, 0.25) is 5.02 Å². The summed E-state index contributed by atoms with van der Waals surface area (Å²) in [6.45, 7) is 9.41. The van der Waals surface area contributed by atoms with E-state index in [0.29, 0.717) is 10.7 Å². The van der Waals surface area contributed by atoms with Crippen molar-refractivity contribution in [2.45, 2.75) is 52.5 Å². The second kappa shape index (κ2) is 6.21. The Bertz CT molecular complexity index is 699. The van der Waals surface area contributed by atoms with Crippen LogP contribution in [0, 0.1) is 0 Å². The fraction of sp³-hybridized carbons (Fsp3) is 0.471. The lowest BCUT2D eigenvalue weighted by Gasteiger charge is -2.22. The monoisotopic (exact) mass is 322 g/mol. The molecule has 0 aliphatic rings. The first-order valence-corrected chi connectivity index (χ1v) is 7.96. The van der Waals surface area contributed by atoms with Crippen molar-refractivity contribution in [2.75, 3.05) is 5.32 Å². The summed E-state index contributed by atoms with van der Waals surface area (Å²) < 4.78 is 2.23. The molecular formula is C17H23ClN2O2. The molecule has 0 atom stereocenters. The maximum Gasteiger partial charge on any atom is 0.409 e. The SMILES string of the molecule is CCCCn1c(C(C)(C)C)c(Cl)c2c(NC(=O)O)cccc21. The number of amides is 1. The number of carboxylic acid groups (broad SMARTS) is 1. The van der Waals surface area contributed by atoms with Crippen LogP contribution in [0.15, 0.2) is 18.2 Å². The Morgan fingerprint density at radius 3 is 2.59 bits per heavy atom. The third-order valence-corrected chi connectivity index (χ3v) is 4.09. The highest BCUT2D eigenvalue weighted by Crippen LogP contribution is 2.41. The Morgan fingerprint density at radius 2 is 2.05 bits per heavy atom. The number of hydrogen-bond acceptors (Lipinski definition) is 1. The van der Waals surface area contributed by atoms with Gasteiger partial charge in [0.1, 0.15) is 0 Å². The van der Waals surface area contributed by atoms with E-state index >= 15 is 0 Å². The topological polar surface area (TPSA) is 54.3 Å². The summed E-state index contributed by atoms with van der Waals surface area (Å²) in [6, 6.07) is 5.61. The van der Waals surface area contributed by atoms with E-state index in [0.717, 1.165) is 36.0 Å². The number of halogens is 1. The van der Waals surface area contributed by atoms with Gasteiger partial charge in [-0.2, -0.15) is 0 Å². The van der Waals surface area contributed by atoms with E-state index in [1.54, 1.807) is 6.07 Å². The number of unbranched alkanes of at least 4 members (excludes halogenated alkanes) is 1. The van der Waals surface area contributed by atoms with E-state index < -0.39 is 6.09 Å². The van der Waals surface area contributed by atoms with Crippen LogP contribution in [0.5, 0.6) is 0 Å². The average molecular weight is 323 g/mol. The molecule has 0 aliphatic heterocycles. The highest BCUT2D eigenvalue weighted by molar-refractivity contribution is 6.38. The minimum atomic E-state index is -1.08. The lowest BCUT2D eigenvalue weighted by molar-refractivity contribution is 0.210. The number of aromatic nitrogens is 1. The molecule has 0 bridgehead atoms. The Labute approximate surface area is 136 Å². The zero-order valence-electron chi connectivity index (χ0n) is 13.5. The normalized spacial score (nSPS) is 11.9. The van der Waals surface area contributed by atoms with E-state index in [2.05, 4.69) is 37.6 Å². The maximum atomic E-state index is 11.0. The van der Waals surface area contributed by atoms with Gasteiger partial charge in [-0.15, -0.1) is 0 Å². The minimum absolute atomic E-state index is 0.121. The summed E-state index contributed by atoms with van der Waals surface area (Å²) in [5, 5.41) is 12.9. The number of nitrogens with zero attached hydrogens (tertiary/aromatic N) is 1. The van der Waals surface area contributed by atoms with Crippen molar-refractivity contribution in [3.05, 3.63) is 28.9 Å². The molecule has 0 saturated heterocycles. The number of benzene rings is 1. The van der Waals surface area contributed by atoms with E-state index in [1.807, 2.05) is 12.1 Å². The van der Waals surface area contributed by atoms with Gasteiger partial charge in [-0.05, 0) is 18.6 Å². The zero-order valence-corrected chi connectivity index (χ0v) is 14.3. The van der Waals surface area contributed by atoms with Crippen LogP contribution in [0.4, 0.5) is 10.5 Å². The summed E-state index contributed by atoms with van der Waals surface area (Å²) >= 11 is 6.66. The molecular weight excluding hydrogens is 300 g/mol. The van der Waals surface area contributed by atoms with Crippen LogP contribution >= 0.6 is 11.6 Å². The third kappa shape index (κ3) is 3.07. The number of aryl methyl sites for hydroxylation is 1. The molecule has 0 radical (unpaired) electrons. The van der Waals surface area contributed by atoms with Crippen molar-refractivity contribution in [2.24, 2.45) is 0 Å². The van der Waals surface area contributed by atoms with Gasteiger partial charge in [-0.3, -0.25) is 5.32 Å². The first kappa shape index (κ1) is 16.7. The molecule has 2 rings (SSSR count). The first-order chi connectivity index (χ1) is 10.3. The Kier molecular flexibility index (Phi) is 4.71. The van der Waals surface area contributed by atoms with Gasteiger partial charge >= 0.3 is 6.09 Å². The molecule has 1 amide bonds. The van der Waals surface area contributed by atoms with Crippen LogP contribution in [-0.2, 0) is 12.0 Å². The average Bonchev–Trinajstić information content (AvgIpc) is 2.69. The zero-order chi connectivity index (χ0) is 16.5. The number of nitrogens with one attached hydrogen (secondary N) is 1. The van der Waals surface area contributed by atoms with Gasteiger partial charge in [0.05, 0.1) is 16.2 Å². The molecule has 2 aromatic rings. The van der Waals surface area contributed by atoms with Crippen molar-refractivity contribution in [3.8, 4) is 0 Å². The molecule has 0 saturated carbocycles. The van der Waals surface area contributed by atoms with Crippen LogP contribution in [-0.4, -0.2) is 15.8 Å². The van der Waals surface area contributed by atoms with Gasteiger partial charge in [0.25, 0.3) is 0 Å². The quantitative estimate of drug-likeness (QED) is 0.782. The number of rotatable bonds is 4. The van der Waals surface area contributed by atoms with Crippen molar-refractivity contribution < 1.29 is 9.90 Å². The van der Waals surface area contributed by atoms with Crippen LogP contribution in [0.25, 0.3) is 10.9 Å². The fourth-order valence-corrected chi connectivity index (χ4v) is 3.44. The summed E-state index contributed by atoms with van der Waals surface area (Å²) in [4.78, 5) is 11.0. The summed E-state index contributed by atoms with van der Waals surface area (Å²) in [5.41, 5.74) is 2.45. The fourth-order valence-electron chi connectivity index (χ4n) is 2.86. The largest absolute Gasteiger partial charge is 0.465 e. The third-order valence-electron chi connectivity index (χ3n) is 3.72. The van der Waals surface area contributed by atoms with Gasteiger partial charge in [0.15, 0.2) is 0 Å². The number of hydrogen-bond donors (Lipinski definition) is 2. The molecule has 5 heteroatoms. The molecule has 0 spiro atoms. The first-order valence-electron chi connectivity index (χ1n) is 7.58. The summed E-state index contributed by atoms with van der Waals surface area (Å²) in [7, 11) is 0. The minimum Gasteiger partial charge on any atom is -0.465 e. The van der Waals surface area contributed by atoms with Gasteiger partial charge in [0, 0.05) is 23.0 Å². The van der Waals surface area contributed by atoms with E-state index in [4.69, 9.17) is 16.7 Å². The van der Waals surface area contributed by atoms with E-state index in [-0.39, 0.29) is 5.41 Å². The van der Waals surface area contributed by atoms with Gasteiger partial charge < -0.3 is 9.67 Å². The molecule has 22 heavy (non-hydrogen) atoms. The summed E-state index contributed by atoms with van der Waals surface area (Å²) in [5.74, 6) is 0. The van der Waals surface area contributed by atoms with Crippen molar-refractivity contribution >= 4 is 34.3 Å². The van der Waals surface area contributed by atoms with Crippen LogP contribution in [0.1, 0.15) is 46.2 Å². The lowest BCUT2D eigenvalue weighted by atomic mass is 9.91. The molecule has 0 unspecified atom stereocenters. The maximum absolute atomic E-state index is 11.0.